The number of unbranched alkanes of at least 4 members (excludes halogenated alkanes) is 2. The lowest BCUT2D eigenvalue weighted by Gasteiger charge is -2.40. The highest BCUT2D eigenvalue weighted by Crippen LogP contribution is 2.25. The van der Waals surface area contributed by atoms with E-state index in [0.29, 0.717) is 26.3 Å². The second-order valence-corrected chi connectivity index (χ2v) is 15.4. The summed E-state index contributed by atoms with van der Waals surface area (Å²) in [4.78, 5) is 25.2. The predicted octanol–water partition coefficient (Wildman–Crippen LogP) is 3.03. The molecule has 0 aliphatic carbocycles. The van der Waals surface area contributed by atoms with Gasteiger partial charge in [-0.25, -0.2) is 9.59 Å². The number of hydrogen-bond donors (Lipinski definition) is 0. The van der Waals surface area contributed by atoms with Crippen LogP contribution in [0.2, 0.25) is 0 Å². The number of quaternary nitrogens is 2. The Bertz CT molecular complexity index is 1280. The fourth-order valence-electron chi connectivity index (χ4n) is 7.59. The summed E-state index contributed by atoms with van der Waals surface area (Å²) in [6.07, 6.45) is 17.8. The third kappa shape index (κ3) is 15.4. The molecule has 2 saturated heterocycles. The molecule has 0 spiro atoms. The lowest BCUT2D eigenvalue weighted by atomic mass is 9.98. The Balaban J connectivity index is 0.00000468. The molecule has 52 heavy (non-hydrogen) atoms. The Labute approximate surface area is 328 Å². The second-order valence-electron chi connectivity index (χ2n) is 15.4. The van der Waals surface area contributed by atoms with Crippen LogP contribution in [-0.4, -0.2) is 86.5 Å². The first-order valence-corrected chi connectivity index (χ1v) is 19.7. The summed E-state index contributed by atoms with van der Waals surface area (Å²) in [6, 6.07) is 18.0. The van der Waals surface area contributed by atoms with Crippen molar-refractivity contribution in [1.29, 1.82) is 0 Å². The van der Waals surface area contributed by atoms with Gasteiger partial charge in [0, 0.05) is 0 Å². The number of benzene rings is 2. The zero-order chi connectivity index (χ0) is 35.7. The van der Waals surface area contributed by atoms with Crippen LogP contribution >= 0.6 is 0 Å². The van der Waals surface area contributed by atoms with Crippen molar-refractivity contribution in [1.82, 2.24) is 0 Å². The van der Waals surface area contributed by atoms with Crippen LogP contribution in [0.1, 0.15) is 103 Å². The van der Waals surface area contributed by atoms with Crippen LogP contribution in [0, 0.1) is 0 Å². The summed E-state index contributed by atoms with van der Waals surface area (Å²) in [5, 5.41) is 0. The minimum atomic E-state index is -0.0398. The first kappa shape index (κ1) is 45.5. The number of nitrogens with zero attached hydrogens (tertiary/aromatic N) is 2. The summed E-state index contributed by atoms with van der Waals surface area (Å²) in [5.41, 5.74) is 7.80. The molecule has 2 heterocycles. The molecule has 6 nitrogen and oxygen atoms in total. The van der Waals surface area contributed by atoms with Crippen molar-refractivity contribution in [3.05, 3.63) is 83.0 Å². The second kappa shape index (κ2) is 23.9. The normalized spacial score (nSPS) is 17.0. The number of allylic oxidation sites excluding steroid dienone is 2. The SMILES string of the molecule is CCCCOC(=O)C[N+]1(C/C=C(/C)Cc2ccc(-c3ccc(C/C(C)=C\C[N+]4(CC(=O)OCCCC)CCCCC4)cc3)cc2)CCCCC1.[Cl-].[Cl-]. The Morgan fingerprint density at radius 2 is 0.923 bits per heavy atom. The van der Waals surface area contributed by atoms with Gasteiger partial charge in [-0.15, -0.1) is 0 Å². The quantitative estimate of drug-likeness (QED) is 0.0959. The molecule has 4 rings (SSSR count). The number of piperidine rings is 2. The zero-order valence-electron chi connectivity index (χ0n) is 32.6. The van der Waals surface area contributed by atoms with Crippen LogP contribution in [0.3, 0.4) is 0 Å². The van der Waals surface area contributed by atoms with Crippen molar-refractivity contribution in [2.75, 3.05) is 65.6 Å². The molecule has 0 saturated carbocycles. The molecule has 0 aromatic heterocycles. The first-order valence-electron chi connectivity index (χ1n) is 19.7. The molecule has 2 aliphatic heterocycles. The van der Waals surface area contributed by atoms with Gasteiger partial charge in [0.1, 0.15) is 0 Å². The zero-order valence-corrected chi connectivity index (χ0v) is 34.1. The van der Waals surface area contributed by atoms with E-state index >= 15 is 0 Å². The molecular formula is C44H66Cl2N2O4. The molecule has 0 unspecified atom stereocenters. The average molecular weight is 758 g/mol. The fourth-order valence-corrected chi connectivity index (χ4v) is 7.59. The molecular weight excluding hydrogens is 691 g/mol. The van der Waals surface area contributed by atoms with Gasteiger partial charge in [-0.3, -0.25) is 0 Å². The number of carbonyl (C=O) groups excluding carboxylic acids is 2. The summed E-state index contributed by atoms with van der Waals surface area (Å²) >= 11 is 0. The largest absolute Gasteiger partial charge is 1.00 e. The number of halogens is 2. The minimum absolute atomic E-state index is 0. The van der Waals surface area contributed by atoms with Crippen LogP contribution < -0.4 is 24.8 Å². The van der Waals surface area contributed by atoms with Gasteiger partial charge < -0.3 is 43.3 Å². The van der Waals surface area contributed by atoms with Crippen molar-refractivity contribution >= 4 is 11.9 Å². The van der Waals surface area contributed by atoms with E-state index in [4.69, 9.17) is 9.47 Å². The summed E-state index contributed by atoms with van der Waals surface area (Å²) in [6.45, 7) is 16.8. The molecule has 2 aromatic carbocycles. The summed E-state index contributed by atoms with van der Waals surface area (Å²) in [5.74, 6) is -0.0797. The highest BCUT2D eigenvalue weighted by molar-refractivity contribution is 5.71. The van der Waals surface area contributed by atoms with Crippen molar-refractivity contribution in [3.63, 3.8) is 0 Å². The van der Waals surface area contributed by atoms with E-state index in [1.165, 1.54) is 71.9 Å². The van der Waals surface area contributed by atoms with E-state index < -0.39 is 0 Å². The van der Waals surface area contributed by atoms with Gasteiger partial charge in [0.25, 0.3) is 0 Å². The molecule has 2 fully saturated rings. The third-order valence-electron chi connectivity index (χ3n) is 10.8. The lowest BCUT2D eigenvalue weighted by Crippen LogP contribution is -3.00. The van der Waals surface area contributed by atoms with Gasteiger partial charge in [0.2, 0.25) is 0 Å². The van der Waals surface area contributed by atoms with Gasteiger partial charge in [-0.1, -0.05) is 86.4 Å². The highest BCUT2D eigenvalue weighted by Gasteiger charge is 2.33. The number of rotatable bonds is 19. The smallest absolute Gasteiger partial charge is 0.361 e. The molecule has 0 radical (unpaired) electrons. The van der Waals surface area contributed by atoms with Crippen LogP contribution in [-0.2, 0) is 31.9 Å². The molecule has 290 valence electrons. The maximum atomic E-state index is 12.6. The number of hydrogen-bond acceptors (Lipinski definition) is 4. The Kier molecular flexibility index (Phi) is 20.9. The molecule has 2 aliphatic rings. The fraction of sp³-hybridized carbons (Fsp3) is 0.591. The Morgan fingerprint density at radius 1 is 0.577 bits per heavy atom. The number of ether oxygens (including phenoxy) is 2. The average Bonchev–Trinajstić information content (AvgIpc) is 3.12. The van der Waals surface area contributed by atoms with E-state index in [2.05, 4.69) is 88.4 Å². The molecule has 0 N–H and O–H groups in total. The van der Waals surface area contributed by atoms with E-state index in [-0.39, 0.29) is 36.8 Å². The van der Waals surface area contributed by atoms with Crippen LogP contribution in [0.25, 0.3) is 11.1 Å². The summed E-state index contributed by atoms with van der Waals surface area (Å²) in [7, 11) is 0. The number of likely N-dealkylation sites (tertiary alicyclic amines) is 2. The summed E-state index contributed by atoms with van der Waals surface area (Å²) < 4.78 is 12.8. The van der Waals surface area contributed by atoms with E-state index in [0.717, 1.165) is 86.8 Å². The molecule has 0 amide bonds. The van der Waals surface area contributed by atoms with E-state index in [1.54, 1.807) is 0 Å². The van der Waals surface area contributed by atoms with Crippen LogP contribution in [0.4, 0.5) is 0 Å². The number of esters is 2. The molecule has 8 heteroatoms. The van der Waals surface area contributed by atoms with Gasteiger partial charge in [-0.2, -0.15) is 0 Å². The lowest BCUT2D eigenvalue weighted by molar-refractivity contribution is -0.920. The monoisotopic (exact) mass is 756 g/mol. The van der Waals surface area contributed by atoms with E-state index in [1.807, 2.05) is 0 Å². The van der Waals surface area contributed by atoms with Crippen LogP contribution in [0.5, 0.6) is 0 Å². The van der Waals surface area contributed by atoms with Gasteiger partial charge in [0.05, 0.1) is 52.5 Å². The molecule has 2 aromatic rings. The van der Waals surface area contributed by atoms with Crippen molar-refractivity contribution < 1.29 is 52.8 Å². The van der Waals surface area contributed by atoms with Crippen molar-refractivity contribution in [3.8, 4) is 11.1 Å². The standard InChI is InChI=1S/C44H66N2O4.2ClH/c1-5-7-31-49-43(47)35-45(25-11-9-12-26-45)29-23-37(3)33-39-15-19-41(20-16-39)42-21-17-40(18-22-42)34-38(4)24-30-46(27-13-10-14-28-46)36-44(48)50-32-8-6-2;;/h15-24H,5-14,25-36H2,1-4H3;2*1H/q+2;;/p-2/b37-23-,38-24-;;. The van der Waals surface area contributed by atoms with E-state index in [9.17, 15) is 9.59 Å². The van der Waals surface area contributed by atoms with Crippen molar-refractivity contribution in [2.45, 2.75) is 105 Å². The van der Waals surface area contributed by atoms with Gasteiger partial charge >= 0.3 is 11.9 Å². The third-order valence-corrected chi connectivity index (χ3v) is 10.8. The first-order chi connectivity index (χ1) is 24.2. The number of carbonyl (C=O) groups is 2. The molecule has 0 bridgehead atoms. The van der Waals surface area contributed by atoms with Crippen molar-refractivity contribution in [2.24, 2.45) is 0 Å². The minimum Gasteiger partial charge on any atom is -1.00 e. The predicted molar refractivity (Wildman–Crippen MR) is 206 cm³/mol. The topological polar surface area (TPSA) is 52.6 Å². The van der Waals surface area contributed by atoms with Gasteiger partial charge in [-0.05, 0) is 112 Å². The van der Waals surface area contributed by atoms with Gasteiger partial charge in [0.15, 0.2) is 13.1 Å². The highest BCUT2D eigenvalue weighted by atomic mass is 35.5. The van der Waals surface area contributed by atoms with Crippen LogP contribution in [0.15, 0.2) is 71.8 Å². The maximum absolute atomic E-state index is 12.6. The maximum Gasteiger partial charge on any atom is 0.361 e. The Morgan fingerprint density at radius 3 is 1.25 bits per heavy atom. The Hall–Kier alpha value is -2.64. The molecule has 0 atom stereocenters.